The van der Waals surface area contributed by atoms with Gasteiger partial charge in [-0.1, -0.05) is 5.92 Å². The second-order valence-electron chi connectivity index (χ2n) is 0.798. The van der Waals surface area contributed by atoms with Gasteiger partial charge in [-0.25, -0.2) is 0 Å². The molecule has 32 valence electrons. The van der Waals surface area contributed by atoms with Crippen LogP contribution in [0.15, 0.2) is 0 Å². The summed E-state index contributed by atoms with van der Waals surface area (Å²) in [7, 11) is 0. The third-order valence-corrected chi connectivity index (χ3v) is 0.362. The van der Waals surface area contributed by atoms with Crippen molar-refractivity contribution in [3.8, 4) is 11.8 Å². The predicted octanol–water partition coefficient (Wildman–Crippen LogP) is 0.599. The second-order valence-corrected chi connectivity index (χ2v) is 0.798. The summed E-state index contributed by atoms with van der Waals surface area (Å²) in [6, 6.07) is 0. The Labute approximate surface area is 37.4 Å². The molecule has 0 aliphatic heterocycles. The van der Waals surface area contributed by atoms with E-state index in [0.717, 1.165) is 6.29 Å². The van der Waals surface area contributed by atoms with Gasteiger partial charge < -0.3 is 4.79 Å². The SMILES string of the molecule is CC#CCC=O. The van der Waals surface area contributed by atoms with Crippen molar-refractivity contribution < 1.29 is 4.79 Å². The molecule has 0 saturated carbocycles. The van der Waals surface area contributed by atoms with Crippen molar-refractivity contribution >= 4 is 6.29 Å². The summed E-state index contributed by atoms with van der Waals surface area (Å²) >= 11 is 0. The van der Waals surface area contributed by atoms with E-state index in [4.69, 9.17) is 0 Å². The molecule has 0 heterocycles. The quantitative estimate of drug-likeness (QED) is 0.334. The van der Waals surface area contributed by atoms with Crippen molar-refractivity contribution in [1.82, 2.24) is 0 Å². The van der Waals surface area contributed by atoms with Gasteiger partial charge in [0.15, 0.2) is 0 Å². The van der Waals surface area contributed by atoms with Gasteiger partial charge >= 0.3 is 0 Å². The van der Waals surface area contributed by atoms with Crippen LogP contribution in [0.3, 0.4) is 0 Å². The molecule has 0 unspecified atom stereocenters. The number of rotatable bonds is 1. The Morgan fingerprint density at radius 3 is 2.67 bits per heavy atom. The first-order valence-corrected chi connectivity index (χ1v) is 1.75. The van der Waals surface area contributed by atoms with Crippen LogP contribution in [0.4, 0.5) is 0 Å². The molecule has 0 N–H and O–H groups in total. The van der Waals surface area contributed by atoms with Gasteiger partial charge in [0.2, 0.25) is 0 Å². The number of carbonyl (C=O) groups excluding carboxylic acids is 1. The Morgan fingerprint density at radius 1 is 1.83 bits per heavy atom. The largest absolute Gasteiger partial charge is 0.302 e. The smallest absolute Gasteiger partial charge is 0.131 e. The fourth-order valence-electron chi connectivity index (χ4n) is 0.144. The lowest BCUT2D eigenvalue weighted by Crippen LogP contribution is -1.62. The minimum atomic E-state index is 0.372. The molecule has 1 nitrogen and oxygen atoms in total. The Balaban J connectivity index is 3.00. The summed E-state index contributed by atoms with van der Waals surface area (Å²) in [5.41, 5.74) is 0. The fraction of sp³-hybridized carbons (Fsp3) is 0.400. The monoisotopic (exact) mass is 82.0 g/mol. The Morgan fingerprint density at radius 2 is 2.50 bits per heavy atom. The van der Waals surface area contributed by atoms with Gasteiger partial charge in [0.1, 0.15) is 6.29 Å². The van der Waals surface area contributed by atoms with Gasteiger partial charge in [0, 0.05) is 0 Å². The number of carbonyl (C=O) groups is 1. The lowest BCUT2D eigenvalue weighted by Gasteiger charge is -1.59. The molecular formula is C5H6O. The van der Waals surface area contributed by atoms with Crippen LogP contribution in [0.5, 0.6) is 0 Å². The van der Waals surface area contributed by atoms with Gasteiger partial charge in [0.25, 0.3) is 0 Å². The van der Waals surface area contributed by atoms with Crippen molar-refractivity contribution in [2.75, 3.05) is 0 Å². The normalized spacial score (nSPS) is 5.50. The fourth-order valence-corrected chi connectivity index (χ4v) is 0.144. The molecule has 0 amide bonds. The van der Waals surface area contributed by atoms with Crippen LogP contribution in [-0.2, 0) is 4.79 Å². The zero-order valence-electron chi connectivity index (χ0n) is 3.69. The number of hydrogen-bond donors (Lipinski definition) is 0. The maximum atomic E-state index is 9.46. The first kappa shape index (κ1) is 5.23. The van der Waals surface area contributed by atoms with Crippen LogP contribution in [0.1, 0.15) is 13.3 Å². The van der Waals surface area contributed by atoms with Crippen molar-refractivity contribution in [3.63, 3.8) is 0 Å². The molecule has 1 heteroatoms. The molecule has 6 heavy (non-hydrogen) atoms. The maximum absolute atomic E-state index is 9.46. The van der Waals surface area contributed by atoms with E-state index >= 15 is 0 Å². The van der Waals surface area contributed by atoms with E-state index in [1.807, 2.05) is 0 Å². The molecule has 0 aromatic carbocycles. The van der Waals surface area contributed by atoms with Crippen LogP contribution >= 0.6 is 0 Å². The summed E-state index contributed by atoms with van der Waals surface area (Å²) in [5.74, 6) is 5.17. The first-order chi connectivity index (χ1) is 2.91. The maximum Gasteiger partial charge on any atom is 0.131 e. The van der Waals surface area contributed by atoms with E-state index in [-0.39, 0.29) is 0 Å². The van der Waals surface area contributed by atoms with Gasteiger partial charge in [0.05, 0.1) is 6.42 Å². The standard InChI is InChI=1S/C5H6O/c1-2-3-4-5-6/h5H,4H2,1H3. The minimum Gasteiger partial charge on any atom is -0.302 e. The van der Waals surface area contributed by atoms with Crippen LogP contribution in [0.25, 0.3) is 0 Å². The van der Waals surface area contributed by atoms with Crippen LogP contribution < -0.4 is 0 Å². The minimum absolute atomic E-state index is 0.372. The second kappa shape index (κ2) is 4.23. The molecule has 0 aliphatic carbocycles. The van der Waals surface area contributed by atoms with Gasteiger partial charge in [-0.3, -0.25) is 0 Å². The lowest BCUT2D eigenvalue weighted by molar-refractivity contribution is -0.107. The topological polar surface area (TPSA) is 17.1 Å². The molecule has 0 bridgehead atoms. The molecule has 0 saturated heterocycles. The third-order valence-electron chi connectivity index (χ3n) is 0.362. The Bertz CT molecular complexity index is 83.8. The lowest BCUT2D eigenvalue weighted by atomic mass is 10.5. The highest BCUT2D eigenvalue weighted by molar-refractivity contribution is 5.53. The molecule has 0 aliphatic rings. The highest BCUT2D eigenvalue weighted by Gasteiger charge is 1.61. The Hall–Kier alpha value is -0.770. The van der Waals surface area contributed by atoms with E-state index in [2.05, 4.69) is 11.8 Å². The number of aldehydes is 1. The van der Waals surface area contributed by atoms with Crippen molar-refractivity contribution in [3.05, 3.63) is 0 Å². The van der Waals surface area contributed by atoms with Crippen LogP contribution in [0, 0.1) is 11.8 Å². The Kier molecular flexibility index (Phi) is 3.69. The zero-order chi connectivity index (χ0) is 4.83. The van der Waals surface area contributed by atoms with E-state index < -0.39 is 0 Å². The van der Waals surface area contributed by atoms with Crippen molar-refractivity contribution in [2.24, 2.45) is 0 Å². The van der Waals surface area contributed by atoms with E-state index in [0.29, 0.717) is 6.42 Å². The predicted molar refractivity (Wildman–Crippen MR) is 24.1 cm³/mol. The average molecular weight is 82.1 g/mol. The first-order valence-electron chi connectivity index (χ1n) is 1.75. The zero-order valence-corrected chi connectivity index (χ0v) is 3.69. The van der Waals surface area contributed by atoms with E-state index in [1.54, 1.807) is 6.92 Å². The summed E-state index contributed by atoms with van der Waals surface area (Å²) in [5, 5.41) is 0. The van der Waals surface area contributed by atoms with Crippen LogP contribution in [-0.4, -0.2) is 6.29 Å². The highest BCUT2D eigenvalue weighted by atomic mass is 16.1. The average Bonchev–Trinajstić information content (AvgIpc) is 1.61. The van der Waals surface area contributed by atoms with E-state index in [1.165, 1.54) is 0 Å². The molecule has 0 rings (SSSR count). The molecule has 0 aromatic heterocycles. The summed E-state index contributed by atoms with van der Waals surface area (Å²) in [6.07, 6.45) is 1.16. The molecular weight excluding hydrogens is 76.1 g/mol. The van der Waals surface area contributed by atoms with Crippen LogP contribution in [0.2, 0.25) is 0 Å². The summed E-state index contributed by atoms with van der Waals surface area (Å²) < 4.78 is 0. The summed E-state index contributed by atoms with van der Waals surface area (Å²) in [6.45, 7) is 1.71. The van der Waals surface area contributed by atoms with Gasteiger partial charge in [-0.2, -0.15) is 0 Å². The molecule has 0 atom stereocenters. The van der Waals surface area contributed by atoms with Gasteiger partial charge in [-0.05, 0) is 6.92 Å². The number of hydrogen-bond acceptors (Lipinski definition) is 1. The van der Waals surface area contributed by atoms with Crippen molar-refractivity contribution in [1.29, 1.82) is 0 Å². The molecule has 0 fully saturated rings. The third kappa shape index (κ3) is 3.23. The van der Waals surface area contributed by atoms with Gasteiger partial charge in [-0.15, -0.1) is 5.92 Å². The summed E-state index contributed by atoms with van der Waals surface area (Å²) in [4.78, 5) is 9.46. The van der Waals surface area contributed by atoms with E-state index in [9.17, 15) is 4.79 Å². The molecule has 0 radical (unpaired) electrons. The molecule has 0 spiro atoms. The van der Waals surface area contributed by atoms with Crippen molar-refractivity contribution in [2.45, 2.75) is 13.3 Å². The molecule has 0 aromatic rings. The highest BCUT2D eigenvalue weighted by Crippen LogP contribution is 1.60.